The number of carbonyl (C=O) groups is 1. The Bertz CT molecular complexity index is 1310. The standard InChI is InChI=1S/C24H20ClF3N5O3S/c25-16-4-2-1-3-15(16)19-9-17(32-36-19)18-12-37-23(31-18)14-5-7-33(8-6-14)22(34)11-35-21-10-20(24(26,27)28)29-13-30-21/h1-2,4,10,12-14,19H,5-9,11H2. The molecule has 1 saturated heterocycles. The predicted molar refractivity (Wildman–Crippen MR) is 128 cm³/mol. The number of benzene rings is 1. The van der Waals surface area contributed by atoms with Crippen molar-refractivity contribution < 1.29 is 27.5 Å². The number of amides is 1. The van der Waals surface area contributed by atoms with Crippen LogP contribution in [0.2, 0.25) is 5.02 Å². The zero-order valence-electron chi connectivity index (χ0n) is 19.2. The predicted octanol–water partition coefficient (Wildman–Crippen LogP) is 5.06. The number of alkyl halides is 3. The highest BCUT2D eigenvalue weighted by atomic mass is 35.5. The quantitative estimate of drug-likeness (QED) is 0.426. The molecule has 4 heterocycles. The molecule has 1 atom stereocenters. The number of piperidine rings is 1. The van der Waals surface area contributed by atoms with Gasteiger partial charge in [0.1, 0.15) is 12.0 Å². The van der Waals surface area contributed by atoms with Crippen LogP contribution in [0.4, 0.5) is 13.2 Å². The first kappa shape index (κ1) is 25.4. The second-order valence-corrected chi connectivity index (χ2v) is 9.82. The summed E-state index contributed by atoms with van der Waals surface area (Å²) in [6.07, 6.45) is -2.18. The number of oxime groups is 1. The number of rotatable bonds is 6. The van der Waals surface area contributed by atoms with Gasteiger partial charge in [-0.25, -0.2) is 15.0 Å². The molecule has 1 fully saturated rings. The van der Waals surface area contributed by atoms with Crippen LogP contribution in [-0.2, 0) is 15.8 Å². The summed E-state index contributed by atoms with van der Waals surface area (Å²) >= 11 is 7.80. The van der Waals surface area contributed by atoms with Crippen LogP contribution >= 0.6 is 22.9 Å². The molecule has 13 heteroatoms. The second kappa shape index (κ2) is 10.6. The summed E-state index contributed by atoms with van der Waals surface area (Å²) in [5.41, 5.74) is 1.16. The molecule has 37 heavy (non-hydrogen) atoms. The van der Waals surface area contributed by atoms with E-state index in [1.165, 1.54) is 0 Å². The van der Waals surface area contributed by atoms with Crippen molar-refractivity contribution in [3.8, 4) is 5.88 Å². The summed E-state index contributed by atoms with van der Waals surface area (Å²) in [4.78, 5) is 31.3. The molecule has 1 aromatic carbocycles. The number of thiazole rings is 1. The molecule has 1 amide bonds. The lowest BCUT2D eigenvalue weighted by Crippen LogP contribution is -2.40. The van der Waals surface area contributed by atoms with Gasteiger partial charge in [0.25, 0.3) is 5.91 Å². The highest BCUT2D eigenvalue weighted by molar-refractivity contribution is 7.10. The van der Waals surface area contributed by atoms with Crippen LogP contribution in [0.3, 0.4) is 0 Å². The van der Waals surface area contributed by atoms with Gasteiger partial charge in [-0.05, 0) is 25.0 Å². The van der Waals surface area contributed by atoms with E-state index in [0.29, 0.717) is 43.4 Å². The largest absolute Gasteiger partial charge is 0.467 e. The molecule has 0 bridgehead atoms. The Kier molecular flexibility index (Phi) is 7.29. The highest BCUT2D eigenvalue weighted by Gasteiger charge is 2.33. The van der Waals surface area contributed by atoms with E-state index in [-0.39, 0.29) is 23.8 Å². The van der Waals surface area contributed by atoms with Crippen LogP contribution in [0.1, 0.15) is 53.2 Å². The van der Waals surface area contributed by atoms with Crippen LogP contribution in [0.5, 0.6) is 5.88 Å². The van der Waals surface area contributed by atoms with Crippen LogP contribution in [0, 0.1) is 6.07 Å². The number of aromatic nitrogens is 3. The molecule has 0 N–H and O–H groups in total. The minimum atomic E-state index is -4.62. The molecule has 2 aromatic heterocycles. The van der Waals surface area contributed by atoms with Crippen molar-refractivity contribution >= 4 is 34.6 Å². The Labute approximate surface area is 219 Å². The zero-order chi connectivity index (χ0) is 26.0. The Morgan fingerprint density at radius 3 is 2.86 bits per heavy atom. The monoisotopic (exact) mass is 550 g/mol. The van der Waals surface area contributed by atoms with E-state index in [2.05, 4.69) is 21.2 Å². The Morgan fingerprint density at radius 2 is 2.11 bits per heavy atom. The normalized spacial score (nSPS) is 18.4. The average Bonchev–Trinajstić information content (AvgIpc) is 3.58. The number of nitrogens with zero attached hydrogens (tertiary/aromatic N) is 5. The molecular weight excluding hydrogens is 531 g/mol. The third-order valence-corrected chi connectivity index (χ3v) is 7.45. The zero-order valence-corrected chi connectivity index (χ0v) is 20.8. The maximum Gasteiger partial charge on any atom is 0.433 e. The van der Waals surface area contributed by atoms with E-state index in [4.69, 9.17) is 26.2 Å². The van der Waals surface area contributed by atoms with Gasteiger partial charge in [0.2, 0.25) is 5.88 Å². The summed E-state index contributed by atoms with van der Waals surface area (Å²) in [6, 6.07) is 9.17. The Morgan fingerprint density at radius 1 is 1.30 bits per heavy atom. The van der Waals surface area contributed by atoms with Crippen LogP contribution in [0.15, 0.2) is 41.1 Å². The fraction of sp³-hybridized carbons (Fsp3) is 0.375. The maximum atomic E-state index is 12.8. The van der Waals surface area contributed by atoms with Gasteiger partial charge < -0.3 is 14.5 Å². The van der Waals surface area contributed by atoms with Gasteiger partial charge in [0.15, 0.2) is 18.4 Å². The number of carbonyl (C=O) groups excluding carboxylic acids is 1. The molecule has 0 spiro atoms. The number of hydrogen-bond acceptors (Lipinski definition) is 8. The summed E-state index contributed by atoms with van der Waals surface area (Å²) in [7, 11) is 0. The minimum Gasteiger partial charge on any atom is -0.467 e. The first-order valence-corrected chi connectivity index (χ1v) is 12.7. The SMILES string of the molecule is O=C(COc1cc(C(F)(F)F)ncn1)N1CCC(c2nc(C3=NOC(c4[c]cccc4Cl)C3)cs2)CC1. The molecule has 0 saturated carbocycles. The number of hydrogen-bond donors (Lipinski definition) is 0. The van der Waals surface area contributed by atoms with Crippen molar-refractivity contribution in [3.05, 3.63) is 69.0 Å². The van der Waals surface area contributed by atoms with Crippen molar-refractivity contribution in [1.82, 2.24) is 19.9 Å². The molecular formula is C24H20ClF3N5O3S. The van der Waals surface area contributed by atoms with Crippen molar-refractivity contribution in [3.63, 3.8) is 0 Å². The molecule has 5 rings (SSSR count). The van der Waals surface area contributed by atoms with E-state index < -0.39 is 18.5 Å². The topological polar surface area (TPSA) is 89.8 Å². The number of ether oxygens (including phenoxy) is 1. The third-order valence-electron chi connectivity index (χ3n) is 6.12. The lowest BCUT2D eigenvalue weighted by atomic mass is 9.97. The fourth-order valence-electron chi connectivity index (χ4n) is 4.14. The van der Waals surface area contributed by atoms with Gasteiger partial charge in [-0.2, -0.15) is 13.2 Å². The van der Waals surface area contributed by atoms with Gasteiger partial charge in [-0.3, -0.25) is 4.79 Å². The molecule has 193 valence electrons. The third kappa shape index (κ3) is 5.85. The number of halogens is 4. The van der Waals surface area contributed by atoms with E-state index in [1.807, 2.05) is 11.4 Å². The van der Waals surface area contributed by atoms with Gasteiger partial charge in [-0.1, -0.05) is 28.9 Å². The van der Waals surface area contributed by atoms with Gasteiger partial charge in [-0.15, -0.1) is 11.3 Å². The lowest BCUT2D eigenvalue weighted by molar-refractivity contribution is -0.141. The summed E-state index contributed by atoms with van der Waals surface area (Å²) in [6.45, 7) is 0.589. The van der Waals surface area contributed by atoms with E-state index in [0.717, 1.165) is 28.3 Å². The smallest absolute Gasteiger partial charge is 0.433 e. The van der Waals surface area contributed by atoms with Crippen molar-refractivity contribution in [2.75, 3.05) is 19.7 Å². The Balaban J connectivity index is 1.12. The van der Waals surface area contributed by atoms with Crippen LogP contribution in [0.25, 0.3) is 0 Å². The average molecular weight is 551 g/mol. The first-order valence-electron chi connectivity index (χ1n) is 11.4. The van der Waals surface area contributed by atoms with Crippen LogP contribution in [-0.4, -0.2) is 51.2 Å². The molecule has 0 aliphatic carbocycles. The first-order chi connectivity index (χ1) is 17.8. The van der Waals surface area contributed by atoms with Gasteiger partial charge in [0.05, 0.1) is 10.7 Å². The Hall–Kier alpha value is -3.25. The lowest BCUT2D eigenvalue weighted by Gasteiger charge is -2.31. The molecule has 2 aliphatic heterocycles. The molecule has 3 aromatic rings. The highest BCUT2D eigenvalue weighted by Crippen LogP contribution is 2.35. The summed E-state index contributed by atoms with van der Waals surface area (Å²) in [5.74, 6) is -0.421. The molecule has 8 nitrogen and oxygen atoms in total. The van der Waals surface area contributed by atoms with E-state index in [9.17, 15) is 18.0 Å². The number of likely N-dealkylation sites (tertiary alicyclic amines) is 1. The summed E-state index contributed by atoms with van der Waals surface area (Å²) in [5, 5.41) is 7.71. The molecule has 2 aliphatic rings. The molecule has 1 radical (unpaired) electrons. The van der Waals surface area contributed by atoms with Crippen molar-refractivity contribution in [1.29, 1.82) is 0 Å². The van der Waals surface area contributed by atoms with Crippen LogP contribution < -0.4 is 4.74 Å². The van der Waals surface area contributed by atoms with E-state index in [1.54, 1.807) is 28.4 Å². The van der Waals surface area contributed by atoms with Crippen molar-refractivity contribution in [2.24, 2.45) is 5.16 Å². The minimum absolute atomic E-state index is 0.190. The van der Waals surface area contributed by atoms with Gasteiger partial charge in [0, 0.05) is 47.5 Å². The molecule has 1 unspecified atom stereocenters. The summed E-state index contributed by atoms with van der Waals surface area (Å²) < 4.78 is 43.5. The second-order valence-electron chi connectivity index (χ2n) is 8.52. The van der Waals surface area contributed by atoms with E-state index >= 15 is 0 Å². The maximum absolute atomic E-state index is 12.8. The van der Waals surface area contributed by atoms with Crippen molar-refractivity contribution in [2.45, 2.75) is 37.5 Å². The fourth-order valence-corrected chi connectivity index (χ4v) is 5.39. The van der Waals surface area contributed by atoms with Gasteiger partial charge >= 0.3 is 6.18 Å².